The van der Waals surface area contributed by atoms with E-state index in [9.17, 15) is 9.90 Å². The minimum atomic E-state index is -0.544. The van der Waals surface area contributed by atoms with Gasteiger partial charge < -0.3 is 10.0 Å². The number of aliphatic hydroxyl groups is 1. The molecule has 3 aliphatic rings. The van der Waals surface area contributed by atoms with Gasteiger partial charge in [0, 0.05) is 18.4 Å². The van der Waals surface area contributed by atoms with Gasteiger partial charge in [-0.05, 0) is 18.8 Å². The Hall–Kier alpha value is -0.570. The first-order valence-corrected chi connectivity index (χ1v) is 4.98. The topological polar surface area (TPSA) is 40.5 Å². The fraction of sp³-hybridized carbons (Fsp3) is 0.900. The third-order valence-corrected chi connectivity index (χ3v) is 3.94. The molecule has 1 saturated carbocycles. The Bertz CT molecular complexity index is 245. The summed E-state index contributed by atoms with van der Waals surface area (Å²) < 4.78 is 0. The van der Waals surface area contributed by atoms with E-state index in [2.05, 4.69) is 13.8 Å². The number of fused-ring (bicyclic) bond motifs is 2. The normalized spacial score (nSPS) is 41.7. The highest BCUT2D eigenvalue weighted by atomic mass is 16.3. The lowest BCUT2D eigenvalue weighted by atomic mass is 9.51. The molecule has 13 heavy (non-hydrogen) atoms. The fourth-order valence-electron chi connectivity index (χ4n) is 2.77. The lowest BCUT2D eigenvalue weighted by Crippen LogP contribution is -2.67. The summed E-state index contributed by atoms with van der Waals surface area (Å²) in [5.41, 5.74) is 0.0160. The van der Waals surface area contributed by atoms with Gasteiger partial charge in [-0.25, -0.2) is 0 Å². The fourth-order valence-corrected chi connectivity index (χ4v) is 2.77. The van der Waals surface area contributed by atoms with Crippen molar-refractivity contribution in [1.82, 2.24) is 4.90 Å². The Morgan fingerprint density at radius 3 is 2.62 bits per heavy atom. The Labute approximate surface area is 78.7 Å². The number of carbonyl (C=O) groups is 1. The zero-order valence-corrected chi connectivity index (χ0v) is 8.45. The van der Waals surface area contributed by atoms with Gasteiger partial charge >= 0.3 is 0 Å². The van der Waals surface area contributed by atoms with Crippen LogP contribution in [0.4, 0.5) is 0 Å². The van der Waals surface area contributed by atoms with Gasteiger partial charge in [0.25, 0.3) is 0 Å². The number of carbonyl (C=O) groups excluding carboxylic acids is 1. The Balaban J connectivity index is 2.26. The highest BCUT2D eigenvalue weighted by Gasteiger charge is 2.61. The smallest absolute Gasteiger partial charge is 0.228 e. The molecule has 2 bridgehead atoms. The summed E-state index contributed by atoms with van der Waals surface area (Å²) in [7, 11) is 0. The number of aliphatic hydroxyl groups excluding tert-OH is 1. The van der Waals surface area contributed by atoms with Gasteiger partial charge in [-0.2, -0.15) is 0 Å². The second kappa shape index (κ2) is 2.47. The van der Waals surface area contributed by atoms with E-state index in [1.807, 2.05) is 6.92 Å². The van der Waals surface area contributed by atoms with Crippen molar-refractivity contribution in [3.8, 4) is 0 Å². The largest absolute Gasteiger partial charge is 0.373 e. The van der Waals surface area contributed by atoms with Crippen LogP contribution in [0.25, 0.3) is 0 Å². The molecule has 0 radical (unpaired) electrons. The summed E-state index contributed by atoms with van der Waals surface area (Å²) in [6.45, 7) is 6.71. The second-order valence-electron chi connectivity index (χ2n) is 4.75. The van der Waals surface area contributed by atoms with Crippen LogP contribution in [0.15, 0.2) is 0 Å². The molecule has 0 aromatic heterocycles. The standard InChI is InChI=1S/C10H17NO2/c1-4-11-8(12)6-5-7(9(11)13)10(6,2)3/h6-8,12H,4-5H2,1-3H3/t6?,7-,8?/m1/s1. The van der Waals surface area contributed by atoms with E-state index >= 15 is 0 Å². The first-order chi connectivity index (χ1) is 6.00. The number of rotatable bonds is 1. The molecular weight excluding hydrogens is 166 g/mol. The van der Waals surface area contributed by atoms with Crippen molar-refractivity contribution >= 4 is 5.91 Å². The highest BCUT2D eigenvalue weighted by Crippen LogP contribution is 2.57. The zero-order valence-electron chi connectivity index (χ0n) is 8.45. The van der Waals surface area contributed by atoms with Gasteiger partial charge in [0.15, 0.2) is 0 Å². The lowest BCUT2D eigenvalue weighted by Gasteiger charge is -2.60. The summed E-state index contributed by atoms with van der Waals surface area (Å²) in [6.07, 6.45) is 0.334. The van der Waals surface area contributed by atoms with Crippen LogP contribution in [0, 0.1) is 17.3 Å². The minimum absolute atomic E-state index is 0.0160. The SMILES string of the molecule is CCN1C(=O)[C@H]2CC(C1O)C2(C)C. The first kappa shape index (κ1) is 9.00. The van der Waals surface area contributed by atoms with Gasteiger partial charge in [0.2, 0.25) is 5.91 Å². The Morgan fingerprint density at radius 1 is 1.62 bits per heavy atom. The molecule has 2 saturated heterocycles. The molecule has 1 aliphatic carbocycles. The average Bonchev–Trinajstić information content (AvgIpc) is 2.02. The van der Waals surface area contributed by atoms with Gasteiger partial charge in [0.1, 0.15) is 6.23 Å². The van der Waals surface area contributed by atoms with E-state index in [0.717, 1.165) is 6.42 Å². The highest BCUT2D eigenvalue weighted by molar-refractivity contribution is 5.82. The van der Waals surface area contributed by atoms with Crippen LogP contribution in [0.2, 0.25) is 0 Å². The van der Waals surface area contributed by atoms with Crippen molar-refractivity contribution in [2.45, 2.75) is 33.4 Å². The maximum Gasteiger partial charge on any atom is 0.228 e. The van der Waals surface area contributed by atoms with Crippen molar-refractivity contribution in [3.05, 3.63) is 0 Å². The summed E-state index contributed by atoms with van der Waals surface area (Å²) in [5.74, 6) is 0.582. The molecule has 1 N–H and O–H groups in total. The molecule has 3 nitrogen and oxygen atoms in total. The average molecular weight is 183 g/mol. The summed E-state index contributed by atoms with van der Waals surface area (Å²) >= 11 is 0. The van der Waals surface area contributed by atoms with Crippen LogP contribution < -0.4 is 0 Å². The minimum Gasteiger partial charge on any atom is -0.373 e. The van der Waals surface area contributed by atoms with E-state index in [4.69, 9.17) is 0 Å². The molecule has 2 unspecified atom stereocenters. The molecular formula is C10H17NO2. The summed E-state index contributed by atoms with van der Waals surface area (Å²) in [4.78, 5) is 13.4. The first-order valence-electron chi connectivity index (χ1n) is 4.98. The molecule has 0 aromatic carbocycles. The third kappa shape index (κ3) is 0.909. The quantitative estimate of drug-likeness (QED) is 0.654. The van der Waals surface area contributed by atoms with Crippen LogP contribution in [0.3, 0.4) is 0 Å². The van der Waals surface area contributed by atoms with Crippen LogP contribution in [0.5, 0.6) is 0 Å². The van der Waals surface area contributed by atoms with E-state index in [0.29, 0.717) is 6.54 Å². The molecule has 0 aromatic rings. The van der Waals surface area contributed by atoms with Crippen LogP contribution in [-0.2, 0) is 4.79 Å². The molecule has 2 heterocycles. The number of hydrogen-bond acceptors (Lipinski definition) is 2. The molecule has 3 rings (SSSR count). The number of nitrogens with zero attached hydrogens (tertiary/aromatic N) is 1. The van der Waals surface area contributed by atoms with Crippen molar-refractivity contribution in [2.24, 2.45) is 17.3 Å². The maximum absolute atomic E-state index is 11.8. The molecule has 1 amide bonds. The van der Waals surface area contributed by atoms with Gasteiger partial charge in [0.05, 0.1) is 0 Å². The predicted molar refractivity (Wildman–Crippen MR) is 48.8 cm³/mol. The van der Waals surface area contributed by atoms with Gasteiger partial charge in [-0.3, -0.25) is 4.79 Å². The summed E-state index contributed by atoms with van der Waals surface area (Å²) in [5, 5.41) is 9.89. The lowest BCUT2D eigenvalue weighted by molar-refractivity contribution is -0.215. The van der Waals surface area contributed by atoms with Crippen LogP contribution in [-0.4, -0.2) is 28.7 Å². The van der Waals surface area contributed by atoms with Crippen molar-refractivity contribution in [2.75, 3.05) is 6.54 Å². The van der Waals surface area contributed by atoms with Crippen molar-refractivity contribution in [1.29, 1.82) is 0 Å². The van der Waals surface area contributed by atoms with Gasteiger partial charge in [-0.15, -0.1) is 0 Å². The molecule has 0 spiro atoms. The second-order valence-corrected chi connectivity index (χ2v) is 4.75. The van der Waals surface area contributed by atoms with Crippen molar-refractivity contribution < 1.29 is 9.90 Å². The van der Waals surface area contributed by atoms with E-state index in [1.54, 1.807) is 4.90 Å². The van der Waals surface area contributed by atoms with E-state index < -0.39 is 6.23 Å². The number of hydrogen-bond donors (Lipinski definition) is 1. The zero-order chi connectivity index (χ0) is 9.80. The molecule has 2 aliphatic heterocycles. The van der Waals surface area contributed by atoms with Crippen molar-refractivity contribution in [3.63, 3.8) is 0 Å². The van der Waals surface area contributed by atoms with E-state index in [-0.39, 0.29) is 23.2 Å². The maximum atomic E-state index is 11.8. The van der Waals surface area contributed by atoms with Crippen LogP contribution in [0.1, 0.15) is 27.2 Å². The van der Waals surface area contributed by atoms with E-state index in [1.165, 1.54) is 0 Å². The number of amides is 1. The molecule has 3 fully saturated rings. The monoisotopic (exact) mass is 183 g/mol. The van der Waals surface area contributed by atoms with Gasteiger partial charge in [-0.1, -0.05) is 13.8 Å². The summed E-state index contributed by atoms with van der Waals surface area (Å²) in [6, 6.07) is 0. The molecule has 3 heteroatoms. The number of piperidine rings is 2. The molecule has 3 atom stereocenters. The molecule has 74 valence electrons. The van der Waals surface area contributed by atoms with Crippen LogP contribution >= 0.6 is 0 Å². The Morgan fingerprint density at radius 2 is 2.23 bits per heavy atom. The predicted octanol–water partition coefficient (Wildman–Crippen LogP) is 0.829. The Kier molecular flexibility index (Phi) is 1.71. The third-order valence-electron chi connectivity index (χ3n) is 3.94.